The second kappa shape index (κ2) is 6.30. The standard InChI is InChI=1S/C15H14F2N2O2/c1-10(9-11-5-7-12(16)8-6-11)18-14-4-2-3-13(17)15(14)19(20)21/h2-8,10,18H,9H2,1H3. The van der Waals surface area contributed by atoms with E-state index in [9.17, 15) is 18.9 Å². The van der Waals surface area contributed by atoms with Crippen LogP contribution in [0.15, 0.2) is 42.5 Å². The van der Waals surface area contributed by atoms with Crippen molar-refractivity contribution in [1.29, 1.82) is 0 Å². The Morgan fingerprint density at radius 3 is 2.48 bits per heavy atom. The zero-order chi connectivity index (χ0) is 15.4. The van der Waals surface area contributed by atoms with Gasteiger partial charge in [0.1, 0.15) is 11.5 Å². The van der Waals surface area contributed by atoms with Crippen molar-refractivity contribution in [2.75, 3.05) is 5.32 Å². The van der Waals surface area contributed by atoms with Gasteiger partial charge in [-0.15, -0.1) is 0 Å². The normalized spacial score (nSPS) is 12.0. The van der Waals surface area contributed by atoms with Crippen LogP contribution >= 0.6 is 0 Å². The van der Waals surface area contributed by atoms with E-state index in [0.29, 0.717) is 6.42 Å². The van der Waals surface area contributed by atoms with Gasteiger partial charge in [-0.2, -0.15) is 4.39 Å². The van der Waals surface area contributed by atoms with Crippen LogP contribution in [-0.4, -0.2) is 11.0 Å². The number of nitro benzene ring substituents is 1. The van der Waals surface area contributed by atoms with Crippen LogP contribution in [0.5, 0.6) is 0 Å². The lowest BCUT2D eigenvalue weighted by atomic mass is 10.1. The SMILES string of the molecule is CC(Cc1ccc(F)cc1)Nc1cccc(F)c1[N+](=O)[O-]. The number of rotatable bonds is 5. The van der Waals surface area contributed by atoms with Gasteiger partial charge < -0.3 is 5.32 Å². The number of para-hydroxylation sites is 1. The Labute approximate surface area is 120 Å². The summed E-state index contributed by atoms with van der Waals surface area (Å²) < 4.78 is 26.3. The van der Waals surface area contributed by atoms with E-state index in [1.807, 2.05) is 6.92 Å². The van der Waals surface area contributed by atoms with E-state index in [2.05, 4.69) is 5.32 Å². The molecule has 0 aliphatic rings. The fourth-order valence-corrected chi connectivity index (χ4v) is 2.11. The number of nitrogens with one attached hydrogen (secondary N) is 1. The van der Waals surface area contributed by atoms with Gasteiger partial charge in [-0.25, -0.2) is 4.39 Å². The minimum Gasteiger partial charge on any atom is -0.377 e. The van der Waals surface area contributed by atoms with Crippen LogP contribution in [0, 0.1) is 21.7 Å². The molecule has 0 saturated carbocycles. The van der Waals surface area contributed by atoms with Crippen LogP contribution in [0.4, 0.5) is 20.2 Å². The summed E-state index contributed by atoms with van der Waals surface area (Å²) in [6.07, 6.45) is 0.536. The van der Waals surface area contributed by atoms with E-state index in [1.54, 1.807) is 12.1 Å². The summed E-state index contributed by atoms with van der Waals surface area (Å²) in [7, 11) is 0. The molecule has 2 aromatic rings. The van der Waals surface area contributed by atoms with Gasteiger partial charge >= 0.3 is 5.69 Å². The minimum absolute atomic E-state index is 0.134. The molecule has 0 aliphatic carbocycles. The van der Waals surface area contributed by atoms with Gasteiger partial charge in [-0.05, 0) is 43.2 Å². The van der Waals surface area contributed by atoms with Crippen LogP contribution in [0.1, 0.15) is 12.5 Å². The summed E-state index contributed by atoms with van der Waals surface area (Å²) in [5, 5.41) is 13.8. The molecule has 0 fully saturated rings. The first kappa shape index (κ1) is 14.9. The largest absolute Gasteiger partial charge is 0.377 e. The van der Waals surface area contributed by atoms with Crippen LogP contribution in [0.25, 0.3) is 0 Å². The quantitative estimate of drug-likeness (QED) is 0.671. The Kier molecular flexibility index (Phi) is 4.47. The Morgan fingerprint density at radius 2 is 1.86 bits per heavy atom. The van der Waals surface area contributed by atoms with Crippen molar-refractivity contribution < 1.29 is 13.7 Å². The fourth-order valence-electron chi connectivity index (χ4n) is 2.11. The second-order valence-electron chi connectivity index (χ2n) is 4.77. The average molecular weight is 292 g/mol. The highest BCUT2D eigenvalue weighted by Crippen LogP contribution is 2.28. The zero-order valence-corrected chi connectivity index (χ0v) is 11.3. The molecule has 0 radical (unpaired) electrons. The number of hydrogen-bond acceptors (Lipinski definition) is 3. The third-order valence-corrected chi connectivity index (χ3v) is 3.03. The van der Waals surface area contributed by atoms with Crippen molar-refractivity contribution in [2.45, 2.75) is 19.4 Å². The van der Waals surface area contributed by atoms with E-state index in [0.717, 1.165) is 11.6 Å². The molecule has 0 heterocycles. The van der Waals surface area contributed by atoms with E-state index < -0.39 is 16.4 Å². The van der Waals surface area contributed by atoms with Gasteiger partial charge in [0.25, 0.3) is 0 Å². The maximum absolute atomic E-state index is 13.5. The first-order chi connectivity index (χ1) is 9.97. The molecule has 0 spiro atoms. The van der Waals surface area contributed by atoms with Crippen LogP contribution in [-0.2, 0) is 6.42 Å². The molecule has 1 unspecified atom stereocenters. The Hall–Kier alpha value is -2.50. The number of benzene rings is 2. The van der Waals surface area contributed by atoms with Crippen molar-refractivity contribution in [1.82, 2.24) is 0 Å². The monoisotopic (exact) mass is 292 g/mol. The predicted molar refractivity (Wildman–Crippen MR) is 76.2 cm³/mol. The molecule has 2 rings (SSSR count). The first-order valence-electron chi connectivity index (χ1n) is 6.41. The number of halogens is 2. The lowest BCUT2D eigenvalue weighted by molar-refractivity contribution is -0.386. The molecule has 21 heavy (non-hydrogen) atoms. The van der Waals surface area contributed by atoms with Crippen LogP contribution in [0.3, 0.4) is 0 Å². The lowest BCUT2D eigenvalue weighted by Crippen LogP contribution is -2.19. The molecular formula is C15H14F2N2O2. The summed E-state index contributed by atoms with van der Waals surface area (Å²) in [6.45, 7) is 1.82. The molecular weight excluding hydrogens is 278 g/mol. The Bertz CT molecular complexity index is 645. The van der Waals surface area contributed by atoms with Crippen molar-refractivity contribution >= 4 is 11.4 Å². The summed E-state index contributed by atoms with van der Waals surface area (Å²) in [4.78, 5) is 10.2. The van der Waals surface area contributed by atoms with E-state index in [1.165, 1.54) is 24.3 Å². The highest BCUT2D eigenvalue weighted by atomic mass is 19.1. The molecule has 1 N–H and O–H groups in total. The maximum Gasteiger partial charge on any atom is 0.327 e. The molecule has 6 heteroatoms. The zero-order valence-electron chi connectivity index (χ0n) is 11.3. The molecule has 1 atom stereocenters. The van der Waals surface area contributed by atoms with Crippen molar-refractivity contribution in [2.24, 2.45) is 0 Å². The fraction of sp³-hybridized carbons (Fsp3) is 0.200. The molecule has 110 valence electrons. The average Bonchev–Trinajstić information content (AvgIpc) is 2.41. The topological polar surface area (TPSA) is 55.2 Å². The van der Waals surface area contributed by atoms with Crippen molar-refractivity contribution in [3.8, 4) is 0 Å². The molecule has 0 bridgehead atoms. The van der Waals surface area contributed by atoms with E-state index in [4.69, 9.17) is 0 Å². The highest BCUT2D eigenvalue weighted by Gasteiger charge is 2.20. The highest BCUT2D eigenvalue weighted by molar-refractivity contribution is 5.62. The number of nitrogens with zero attached hydrogens (tertiary/aromatic N) is 1. The Balaban J connectivity index is 2.13. The molecule has 2 aromatic carbocycles. The molecule has 0 amide bonds. The number of hydrogen-bond donors (Lipinski definition) is 1. The van der Waals surface area contributed by atoms with Crippen LogP contribution < -0.4 is 5.32 Å². The van der Waals surface area contributed by atoms with E-state index >= 15 is 0 Å². The smallest absolute Gasteiger partial charge is 0.327 e. The molecule has 0 aromatic heterocycles. The summed E-state index contributed by atoms with van der Waals surface area (Å²) in [5.41, 5.74) is 0.452. The van der Waals surface area contributed by atoms with Gasteiger partial charge in [0, 0.05) is 6.04 Å². The number of nitro groups is 1. The van der Waals surface area contributed by atoms with Gasteiger partial charge in [-0.3, -0.25) is 10.1 Å². The van der Waals surface area contributed by atoms with Crippen molar-refractivity contribution in [3.63, 3.8) is 0 Å². The van der Waals surface area contributed by atoms with Gasteiger partial charge in [0.15, 0.2) is 0 Å². The third-order valence-electron chi connectivity index (χ3n) is 3.03. The maximum atomic E-state index is 13.5. The van der Waals surface area contributed by atoms with Gasteiger partial charge in [0.05, 0.1) is 4.92 Å². The summed E-state index contributed by atoms with van der Waals surface area (Å²) >= 11 is 0. The summed E-state index contributed by atoms with van der Waals surface area (Å²) in [6, 6.07) is 9.75. The second-order valence-corrected chi connectivity index (χ2v) is 4.77. The van der Waals surface area contributed by atoms with Gasteiger partial charge in [0.2, 0.25) is 5.82 Å². The number of anilines is 1. The molecule has 0 saturated heterocycles. The summed E-state index contributed by atoms with van der Waals surface area (Å²) in [5.74, 6) is -1.20. The Morgan fingerprint density at radius 1 is 1.19 bits per heavy atom. The van der Waals surface area contributed by atoms with Gasteiger partial charge in [-0.1, -0.05) is 18.2 Å². The van der Waals surface area contributed by atoms with E-state index in [-0.39, 0.29) is 17.5 Å². The predicted octanol–water partition coefficient (Wildman–Crippen LogP) is 3.92. The third kappa shape index (κ3) is 3.75. The minimum atomic E-state index is -0.876. The first-order valence-corrected chi connectivity index (χ1v) is 6.41. The molecule has 0 aliphatic heterocycles. The van der Waals surface area contributed by atoms with Crippen LogP contribution in [0.2, 0.25) is 0 Å². The lowest BCUT2D eigenvalue weighted by Gasteiger charge is -2.15. The van der Waals surface area contributed by atoms with Crippen molar-refractivity contribution in [3.05, 3.63) is 69.8 Å². The molecule has 4 nitrogen and oxygen atoms in total.